The van der Waals surface area contributed by atoms with E-state index in [1.807, 2.05) is 30.3 Å². The number of rotatable bonds is 6. The molecule has 3 N–H and O–H groups in total. The van der Waals surface area contributed by atoms with E-state index < -0.39 is 5.91 Å². The predicted molar refractivity (Wildman–Crippen MR) is 115 cm³/mol. The summed E-state index contributed by atoms with van der Waals surface area (Å²) < 4.78 is 1.39. The summed E-state index contributed by atoms with van der Waals surface area (Å²) >= 11 is 0. The Morgan fingerprint density at radius 2 is 1.66 bits per heavy atom. The van der Waals surface area contributed by atoms with Gasteiger partial charge in [0.05, 0.1) is 5.69 Å². The second-order valence-electron chi connectivity index (χ2n) is 7.64. The molecule has 0 atom stereocenters. The first kappa shape index (κ1) is 20.3. The van der Waals surface area contributed by atoms with E-state index in [0.717, 1.165) is 11.3 Å². The fraction of sp³-hybridized carbons (Fsp3) is 0.261. The maximum absolute atomic E-state index is 12.9. The molecule has 0 aliphatic carbocycles. The van der Waals surface area contributed by atoms with Crippen molar-refractivity contribution in [3.05, 3.63) is 77.1 Å². The highest BCUT2D eigenvalue weighted by molar-refractivity contribution is 6.05. The molecule has 0 fully saturated rings. The molecule has 0 unspecified atom stereocenters. The van der Waals surface area contributed by atoms with Gasteiger partial charge >= 0.3 is 0 Å². The topological polar surface area (TPSA) is 90.0 Å². The lowest BCUT2D eigenvalue weighted by molar-refractivity contribution is 0.0991. The van der Waals surface area contributed by atoms with E-state index in [0.29, 0.717) is 11.6 Å². The van der Waals surface area contributed by atoms with Crippen LogP contribution in [-0.2, 0) is 0 Å². The lowest BCUT2D eigenvalue weighted by atomic mass is 9.94. The number of para-hydroxylation sites is 1. The van der Waals surface area contributed by atoms with Crippen LogP contribution in [0.1, 0.15) is 71.6 Å². The van der Waals surface area contributed by atoms with E-state index >= 15 is 0 Å². The second-order valence-corrected chi connectivity index (χ2v) is 7.64. The number of primary amides is 1. The third-order valence-electron chi connectivity index (χ3n) is 4.81. The number of nitrogens with zero attached hydrogens (tertiary/aromatic N) is 2. The molecule has 2 amide bonds. The van der Waals surface area contributed by atoms with Crippen LogP contribution in [-0.4, -0.2) is 21.6 Å². The van der Waals surface area contributed by atoms with E-state index in [4.69, 9.17) is 5.73 Å². The van der Waals surface area contributed by atoms with E-state index in [2.05, 4.69) is 44.2 Å². The minimum Gasteiger partial charge on any atom is -0.364 e. The minimum atomic E-state index is -0.649. The predicted octanol–water partition coefficient (Wildman–Crippen LogP) is 4.47. The normalized spacial score (nSPS) is 11.1. The number of anilines is 1. The highest BCUT2D eigenvalue weighted by atomic mass is 16.2. The molecular weight excluding hydrogens is 364 g/mol. The summed E-state index contributed by atoms with van der Waals surface area (Å²) in [6.45, 7) is 8.45. The number of hydrogen-bond acceptors (Lipinski definition) is 3. The van der Waals surface area contributed by atoms with Crippen molar-refractivity contribution >= 4 is 17.5 Å². The van der Waals surface area contributed by atoms with Gasteiger partial charge in [0, 0.05) is 11.8 Å². The molecule has 6 heteroatoms. The van der Waals surface area contributed by atoms with Gasteiger partial charge < -0.3 is 11.1 Å². The molecule has 6 nitrogen and oxygen atoms in total. The smallest absolute Gasteiger partial charge is 0.276 e. The van der Waals surface area contributed by atoms with Crippen LogP contribution in [0.4, 0.5) is 5.69 Å². The van der Waals surface area contributed by atoms with E-state index in [-0.39, 0.29) is 23.2 Å². The molecule has 150 valence electrons. The molecule has 1 aromatic heterocycles. The van der Waals surface area contributed by atoms with Crippen LogP contribution in [0, 0.1) is 0 Å². The van der Waals surface area contributed by atoms with Gasteiger partial charge in [0.15, 0.2) is 5.69 Å². The van der Waals surface area contributed by atoms with Gasteiger partial charge in [0.1, 0.15) is 5.69 Å². The molecule has 29 heavy (non-hydrogen) atoms. The summed E-state index contributed by atoms with van der Waals surface area (Å²) in [5, 5.41) is 7.26. The van der Waals surface area contributed by atoms with Gasteiger partial charge in [-0.25, -0.2) is 4.68 Å². The molecule has 3 aromatic rings. The molecule has 0 bridgehead atoms. The number of carbonyl (C=O) groups is 2. The molecule has 0 aliphatic rings. The van der Waals surface area contributed by atoms with Crippen molar-refractivity contribution in [2.24, 2.45) is 5.73 Å². The Morgan fingerprint density at radius 1 is 0.966 bits per heavy atom. The van der Waals surface area contributed by atoms with Crippen molar-refractivity contribution in [1.29, 1.82) is 0 Å². The molecule has 2 aromatic carbocycles. The highest BCUT2D eigenvalue weighted by Gasteiger charge is 2.20. The highest BCUT2D eigenvalue weighted by Crippen LogP contribution is 2.29. The lowest BCUT2D eigenvalue weighted by Gasteiger charge is -2.16. The van der Waals surface area contributed by atoms with E-state index in [1.165, 1.54) is 16.3 Å². The SMILES string of the molecule is CC(C)c1ccc(NC(=O)c2cc(C(N)=O)n(-c3ccccc3)n2)c(C(C)C)c1. The molecule has 1 heterocycles. The largest absolute Gasteiger partial charge is 0.364 e. The number of carbonyl (C=O) groups excluding carboxylic acids is 2. The number of nitrogens with one attached hydrogen (secondary N) is 1. The van der Waals surface area contributed by atoms with Gasteiger partial charge in [-0.3, -0.25) is 9.59 Å². The van der Waals surface area contributed by atoms with Gasteiger partial charge in [-0.05, 0) is 41.2 Å². The molecule has 0 saturated carbocycles. The van der Waals surface area contributed by atoms with Gasteiger partial charge in [0.25, 0.3) is 11.8 Å². The van der Waals surface area contributed by atoms with Crippen molar-refractivity contribution in [2.75, 3.05) is 5.32 Å². The monoisotopic (exact) mass is 390 g/mol. The number of hydrogen-bond donors (Lipinski definition) is 2. The van der Waals surface area contributed by atoms with Crippen LogP contribution in [0.2, 0.25) is 0 Å². The van der Waals surface area contributed by atoms with E-state index in [9.17, 15) is 9.59 Å². The third kappa shape index (κ3) is 4.37. The number of aromatic nitrogens is 2. The summed E-state index contributed by atoms with van der Waals surface area (Å²) in [6.07, 6.45) is 0. The standard InChI is InChI=1S/C23H26N4O2/c1-14(2)16-10-11-19(18(12-16)15(3)4)25-23(29)20-13-21(22(24)28)27(26-20)17-8-6-5-7-9-17/h5-15H,1-4H3,(H2,24,28)(H,25,29). The minimum absolute atomic E-state index is 0.130. The average Bonchev–Trinajstić information content (AvgIpc) is 3.14. The van der Waals surface area contributed by atoms with Crippen LogP contribution < -0.4 is 11.1 Å². The quantitative estimate of drug-likeness (QED) is 0.651. The number of nitrogens with two attached hydrogens (primary N) is 1. The summed E-state index contributed by atoms with van der Waals surface area (Å²) in [7, 11) is 0. The second kappa shape index (κ2) is 8.31. The van der Waals surface area contributed by atoms with Crippen molar-refractivity contribution in [2.45, 2.75) is 39.5 Å². The molecule has 0 aliphatic heterocycles. The lowest BCUT2D eigenvalue weighted by Crippen LogP contribution is -2.16. The fourth-order valence-corrected chi connectivity index (χ4v) is 3.15. The van der Waals surface area contributed by atoms with Gasteiger partial charge in [0.2, 0.25) is 0 Å². The Labute approximate surface area is 170 Å². The first-order valence-electron chi connectivity index (χ1n) is 9.68. The Morgan fingerprint density at radius 3 is 2.24 bits per heavy atom. The number of benzene rings is 2. The Kier molecular flexibility index (Phi) is 5.82. The average molecular weight is 390 g/mol. The summed E-state index contributed by atoms with van der Waals surface area (Å²) in [6, 6.07) is 16.6. The maximum Gasteiger partial charge on any atom is 0.276 e. The Balaban J connectivity index is 1.95. The van der Waals surface area contributed by atoms with Crippen molar-refractivity contribution in [3.8, 4) is 5.69 Å². The Hall–Kier alpha value is -3.41. The molecular formula is C23H26N4O2. The zero-order chi connectivity index (χ0) is 21.1. The summed E-state index contributed by atoms with van der Waals surface area (Å²) in [5.41, 5.74) is 9.45. The zero-order valence-electron chi connectivity index (χ0n) is 17.1. The van der Waals surface area contributed by atoms with E-state index in [1.54, 1.807) is 12.1 Å². The third-order valence-corrected chi connectivity index (χ3v) is 4.81. The molecule has 3 rings (SSSR count). The molecule has 0 saturated heterocycles. The summed E-state index contributed by atoms with van der Waals surface area (Å²) in [5.74, 6) is -0.394. The van der Waals surface area contributed by atoms with Crippen molar-refractivity contribution in [1.82, 2.24) is 9.78 Å². The van der Waals surface area contributed by atoms with Crippen LogP contribution in [0.25, 0.3) is 5.69 Å². The zero-order valence-corrected chi connectivity index (χ0v) is 17.1. The van der Waals surface area contributed by atoms with Crippen molar-refractivity contribution in [3.63, 3.8) is 0 Å². The van der Waals surface area contributed by atoms with Crippen LogP contribution in [0.5, 0.6) is 0 Å². The van der Waals surface area contributed by atoms with Gasteiger partial charge in [-0.1, -0.05) is 58.0 Å². The number of amides is 2. The van der Waals surface area contributed by atoms with Crippen LogP contribution in [0.15, 0.2) is 54.6 Å². The molecule has 0 radical (unpaired) electrons. The van der Waals surface area contributed by atoms with Gasteiger partial charge in [-0.2, -0.15) is 5.10 Å². The van der Waals surface area contributed by atoms with Crippen molar-refractivity contribution < 1.29 is 9.59 Å². The van der Waals surface area contributed by atoms with Crippen LogP contribution >= 0.6 is 0 Å². The Bertz CT molecular complexity index is 1040. The first-order chi connectivity index (χ1) is 13.8. The first-order valence-corrected chi connectivity index (χ1v) is 9.68. The summed E-state index contributed by atoms with van der Waals surface area (Å²) in [4.78, 5) is 24.8. The van der Waals surface area contributed by atoms with Crippen LogP contribution in [0.3, 0.4) is 0 Å². The molecule has 0 spiro atoms. The van der Waals surface area contributed by atoms with Gasteiger partial charge in [-0.15, -0.1) is 0 Å². The maximum atomic E-state index is 12.9. The fourth-order valence-electron chi connectivity index (χ4n) is 3.15.